The van der Waals surface area contributed by atoms with Crippen molar-refractivity contribution in [3.05, 3.63) is 124 Å². The van der Waals surface area contributed by atoms with Crippen LogP contribution in [0.5, 0.6) is 11.5 Å². The normalized spacial score (nSPS) is 15.8. The maximum absolute atomic E-state index is 13.3. The van der Waals surface area contributed by atoms with Gasteiger partial charge in [-0.25, -0.2) is 0 Å². The van der Waals surface area contributed by atoms with Crippen LogP contribution >= 0.6 is 11.6 Å². The maximum atomic E-state index is 13.3. The highest BCUT2D eigenvalue weighted by molar-refractivity contribution is 6.30. The van der Waals surface area contributed by atoms with E-state index in [1.54, 1.807) is 0 Å². The number of carbonyl (C=O) groups is 1. The molecule has 0 unspecified atom stereocenters. The van der Waals surface area contributed by atoms with E-state index in [9.17, 15) is 4.79 Å². The summed E-state index contributed by atoms with van der Waals surface area (Å²) in [6.45, 7) is 3.86. The first-order valence-electron chi connectivity index (χ1n) is 11.9. The van der Waals surface area contributed by atoms with Gasteiger partial charge >= 0.3 is 0 Å². The van der Waals surface area contributed by atoms with Crippen molar-refractivity contribution >= 4 is 23.5 Å². The third kappa shape index (κ3) is 4.30. The molecule has 36 heavy (non-hydrogen) atoms. The van der Waals surface area contributed by atoms with E-state index in [1.807, 2.05) is 73.7 Å². The van der Waals surface area contributed by atoms with E-state index >= 15 is 0 Å². The predicted molar refractivity (Wildman–Crippen MR) is 142 cm³/mol. The monoisotopic (exact) mass is 493 g/mol. The van der Waals surface area contributed by atoms with Crippen LogP contribution in [0.1, 0.15) is 32.6 Å². The molecule has 0 aliphatic carbocycles. The van der Waals surface area contributed by atoms with Crippen LogP contribution in [0.2, 0.25) is 5.02 Å². The van der Waals surface area contributed by atoms with Gasteiger partial charge in [0.1, 0.15) is 18.2 Å². The lowest BCUT2D eigenvalue weighted by molar-refractivity contribution is 0.0876. The highest BCUT2D eigenvalue weighted by Crippen LogP contribution is 2.43. The number of Topliss-reactive ketones (excluding diaryl/α,β-unsaturated/α-hetero) is 1. The van der Waals surface area contributed by atoms with E-state index in [-0.39, 0.29) is 5.78 Å². The van der Waals surface area contributed by atoms with E-state index < -0.39 is 0 Å². The summed E-state index contributed by atoms with van der Waals surface area (Å²) in [6, 6.07) is 28.1. The van der Waals surface area contributed by atoms with Gasteiger partial charge in [-0.1, -0.05) is 78.3 Å². The third-order valence-electron chi connectivity index (χ3n) is 6.64. The molecule has 0 amide bonds. The Morgan fingerprint density at radius 1 is 0.917 bits per heavy atom. The molecule has 0 radical (unpaired) electrons. The smallest absolute Gasteiger partial charge is 0.231 e. The van der Waals surface area contributed by atoms with Crippen LogP contribution < -0.4 is 9.47 Å². The highest BCUT2D eigenvalue weighted by Gasteiger charge is 2.33. The molecule has 0 saturated heterocycles. The number of halogens is 1. The second-order valence-electron chi connectivity index (χ2n) is 9.18. The zero-order valence-corrected chi connectivity index (χ0v) is 20.6. The summed E-state index contributed by atoms with van der Waals surface area (Å²) in [4.78, 5) is 15.5. The molecule has 0 fully saturated rings. The van der Waals surface area contributed by atoms with Gasteiger partial charge in [-0.2, -0.15) is 0 Å². The standard InChI is InChI=1S/C31H24ClNO3/c1-20-30-25(18-33(19-35-30)17-22-9-13-26(32)14-10-22)16-27-29(34)28(36-31(20)27)15-21-7-11-24(12-8-21)23-5-3-2-4-6-23/h2-16H,17-19H2,1H3/b28-15-. The Labute approximate surface area is 215 Å². The van der Waals surface area contributed by atoms with Crippen LogP contribution in [-0.2, 0) is 13.1 Å². The summed E-state index contributed by atoms with van der Waals surface area (Å²) in [7, 11) is 0. The Hall–Kier alpha value is -3.86. The molecule has 0 bridgehead atoms. The van der Waals surface area contributed by atoms with Gasteiger partial charge < -0.3 is 9.47 Å². The molecular formula is C31H24ClNO3. The summed E-state index contributed by atoms with van der Waals surface area (Å²) in [5.74, 6) is 1.64. The van der Waals surface area contributed by atoms with Gasteiger partial charge in [-0.15, -0.1) is 0 Å². The van der Waals surface area contributed by atoms with Crippen LogP contribution in [0, 0.1) is 6.92 Å². The Morgan fingerprint density at radius 3 is 2.39 bits per heavy atom. The van der Waals surface area contributed by atoms with E-state index in [0.29, 0.717) is 30.3 Å². The molecule has 2 aliphatic heterocycles. The minimum atomic E-state index is -0.0992. The number of nitrogens with zero attached hydrogens (tertiary/aromatic N) is 1. The molecule has 0 aromatic heterocycles. The Kier molecular flexibility index (Phi) is 5.84. The minimum absolute atomic E-state index is 0.0992. The first kappa shape index (κ1) is 22.6. The summed E-state index contributed by atoms with van der Waals surface area (Å²) in [5.41, 5.74) is 6.81. The van der Waals surface area contributed by atoms with Crippen LogP contribution in [0.4, 0.5) is 0 Å². The lowest BCUT2D eigenvalue weighted by atomic mass is 9.99. The molecule has 4 nitrogen and oxygen atoms in total. The van der Waals surface area contributed by atoms with Crippen LogP contribution in [0.3, 0.4) is 0 Å². The van der Waals surface area contributed by atoms with E-state index in [2.05, 4.69) is 29.2 Å². The molecule has 5 heteroatoms. The topological polar surface area (TPSA) is 38.8 Å². The molecule has 2 aliphatic rings. The van der Waals surface area contributed by atoms with Crippen molar-refractivity contribution in [3.8, 4) is 22.6 Å². The summed E-state index contributed by atoms with van der Waals surface area (Å²) < 4.78 is 12.2. The first-order chi connectivity index (χ1) is 17.5. The predicted octanol–water partition coefficient (Wildman–Crippen LogP) is 7.28. The van der Waals surface area contributed by atoms with Gasteiger partial charge in [0.05, 0.1) is 5.56 Å². The number of hydrogen-bond acceptors (Lipinski definition) is 4. The fourth-order valence-corrected chi connectivity index (χ4v) is 4.93. The molecule has 0 spiro atoms. The Bertz CT molecular complexity index is 1480. The van der Waals surface area contributed by atoms with Gasteiger partial charge in [-0.05, 0) is 53.5 Å². The van der Waals surface area contributed by atoms with Gasteiger partial charge in [0, 0.05) is 29.2 Å². The number of ether oxygens (including phenoxy) is 2. The molecule has 0 atom stereocenters. The van der Waals surface area contributed by atoms with Crippen molar-refractivity contribution < 1.29 is 14.3 Å². The molecule has 0 N–H and O–H groups in total. The number of hydrogen-bond donors (Lipinski definition) is 0. The molecule has 4 aromatic rings. The lowest BCUT2D eigenvalue weighted by Crippen LogP contribution is -2.32. The third-order valence-corrected chi connectivity index (χ3v) is 6.89. The summed E-state index contributed by atoms with van der Waals surface area (Å²) in [5, 5.41) is 0.722. The van der Waals surface area contributed by atoms with Gasteiger partial charge in [0.15, 0.2) is 5.76 Å². The van der Waals surface area contributed by atoms with Crippen LogP contribution in [-0.4, -0.2) is 17.4 Å². The second kappa shape index (κ2) is 9.30. The fraction of sp³-hybridized carbons (Fsp3) is 0.129. The highest BCUT2D eigenvalue weighted by atomic mass is 35.5. The quantitative estimate of drug-likeness (QED) is 0.280. The van der Waals surface area contributed by atoms with Crippen LogP contribution in [0.15, 0.2) is 90.7 Å². The van der Waals surface area contributed by atoms with Gasteiger partial charge in [0.25, 0.3) is 0 Å². The van der Waals surface area contributed by atoms with Crippen molar-refractivity contribution in [1.29, 1.82) is 0 Å². The number of fused-ring (bicyclic) bond motifs is 2. The van der Waals surface area contributed by atoms with Crippen molar-refractivity contribution in [2.45, 2.75) is 20.0 Å². The Morgan fingerprint density at radius 2 is 1.64 bits per heavy atom. The SMILES string of the molecule is Cc1c2c(cc3c1O/C(=C\c1ccc(-c4ccccc4)cc1)C3=O)CN(Cc1ccc(Cl)cc1)CO2. The molecule has 178 valence electrons. The van der Waals surface area contributed by atoms with E-state index in [0.717, 1.165) is 50.7 Å². The van der Waals surface area contributed by atoms with Gasteiger partial charge in [-0.3, -0.25) is 9.69 Å². The van der Waals surface area contributed by atoms with Crippen LogP contribution in [0.25, 0.3) is 17.2 Å². The summed E-state index contributed by atoms with van der Waals surface area (Å²) >= 11 is 6.02. The Balaban J connectivity index is 1.23. The average molecular weight is 494 g/mol. The molecule has 6 rings (SSSR count). The van der Waals surface area contributed by atoms with Crippen molar-refractivity contribution in [1.82, 2.24) is 4.90 Å². The zero-order valence-electron chi connectivity index (χ0n) is 19.8. The largest absolute Gasteiger partial charge is 0.477 e. The molecular weight excluding hydrogens is 470 g/mol. The van der Waals surface area contributed by atoms with Crippen molar-refractivity contribution in [2.75, 3.05) is 6.73 Å². The molecule has 2 heterocycles. The summed E-state index contributed by atoms with van der Waals surface area (Å²) in [6.07, 6.45) is 1.81. The lowest BCUT2D eigenvalue weighted by Gasteiger charge is -2.30. The number of allylic oxidation sites excluding steroid dienone is 1. The average Bonchev–Trinajstić information content (AvgIpc) is 3.21. The van der Waals surface area contributed by atoms with Crippen molar-refractivity contribution in [3.63, 3.8) is 0 Å². The maximum Gasteiger partial charge on any atom is 0.231 e. The molecule has 4 aromatic carbocycles. The van der Waals surface area contributed by atoms with E-state index in [1.165, 1.54) is 0 Å². The second-order valence-corrected chi connectivity index (χ2v) is 9.62. The van der Waals surface area contributed by atoms with Gasteiger partial charge in [0.2, 0.25) is 5.78 Å². The molecule has 0 saturated carbocycles. The zero-order chi connectivity index (χ0) is 24.6. The minimum Gasteiger partial charge on any atom is -0.477 e. The number of benzene rings is 4. The number of rotatable bonds is 4. The fourth-order valence-electron chi connectivity index (χ4n) is 4.80. The number of ketones is 1. The van der Waals surface area contributed by atoms with E-state index in [4.69, 9.17) is 21.1 Å². The van der Waals surface area contributed by atoms with Crippen molar-refractivity contribution in [2.24, 2.45) is 0 Å². The first-order valence-corrected chi connectivity index (χ1v) is 12.3. The number of carbonyl (C=O) groups excluding carboxylic acids is 1.